The Morgan fingerprint density at radius 3 is 2.66 bits per heavy atom. The number of pyridine rings is 1. The summed E-state index contributed by atoms with van der Waals surface area (Å²) in [6.07, 6.45) is 1.59. The number of nitrogens with zero attached hydrogens (tertiary/aromatic N) is 2. The SMILES string of the molecule is Cc1ccnc(N2C(=O)c3oc4ccccc4c(=O)c3[C@@H]2c2cccc(F)c2)c1. The number of anilines is 1. The first-order valence-corrected chi connectivity index (χ1v) is 9.12. The summed E-state index contributed by atoms with van der Waals surface area (Å²) < 4.78 is 19.9. The van der Waals surface area contributed by atoms with Crippen molar-refractivity contribution in [3.05, 3.63) is 105 Å². The normalized spacial score (nSPS) is 15.7. The molecular weight excluding hydrogens is 371 g/mol. The predicted molar refractivity (Wildman–Crippen MR) is 107 cm³/mol. The Balaban J connectivity index is 1.84. The van der Waals surface area contributed by atoms with E-state index >= 15 is 0 Å². The van der Waals surface area contributed by atoms with Crippen molar-refractivity contribution in [1.29, 1.82) is 0 Å². The highest BCUT2D eigenvalue weighted by atomic mass is 19.1. The van der Waals surface area contributed by atoms with Gasteiger partial charge in [-0.05, 0) is 54.4 Å². The summed E-state index contributed by atoms with van der Waals surface area (Å²) >= 11 is 0. The van der Waals surface area contributed by atoms with Crippen molar-refractivity contribution < 1.29 is 13.6 Å². The number of aryl methyl sites for hydroxylation is 1. The molecule has 2 aromatic heterocycles. The second-order valence-electron chi connectivity index (χ2n) is 6.99. The van der Waals surface area contributed by atoms with Gasteiger partial charge in [0.1, 0.15) is 17.2 Å². The van der Waals surface area contributed by atoms with Crippen molar-refractivity contribution in [1.82, 2.24) is 4.98 Å². The van der Waals surface area contributed by atoms with Gasteiger partial charge in [-0.15, -0.1) is 0 Å². The maximum atomic E-state index is 14.0. The van der Waals surface area contributed by atoms with E-state index in [2.05, 4.69) is 4.98 Å². The molecule has 0 saturated heterocycles. The van der Waals surface area contributed by atoms with E-state index in [-0.39, 0.29) is 16.8 Å². The van der Waals surface area contributed by atoms with Crippen LogP contribution < -0.4 is 10.3 Å². The molecule has 0 aliphatic carbocycles. The van der Waals surface area contributed by atoms with Crippen LogP contribution >= 0.6 is 0 Å². The molecule has 4 aromatic rings. The molecule has 1 aliphatic heterocycles. The van der Waals surface area contributed by atoms with E-state index < -0.39 is 17.8 Å². The van der Waals surface area contributed by atoms with Gasteiger partial charge in [-0.25, -0.2) is 9.37 Å². The summed E-state index contributed by atoms with van der Waals surface area (Å²) in [5.74, 6) is -0.591. The van der Waals surface area contributed by atoms with E-state index in [1.54, 1.807) is 48.7 Å². The minimum atomic E-state index is -0.830. The highest BCUT2D eigenvalue weighted by Crippen LogP contribution is 2.40. The van der Waals surface area contributed by atoms with Crippen LogP contribution in [-0.2, 0) is 0 Å². The van der Waals surface area contributed by atoms with Gasteiger partial charge in [-0.3, -0.25) is 14.5 Å². The fourth-order valence-electron chi connectivity index (χ4n) is 3.80. The number of fused-ring (bicyclic) bond motifs is 2. The van der Waals surface area contributed by atoms with Crippen LogP contribution in [-0.4, -0.2) is 10.9 Å². The summed E-state index contributed by atoms with van der Waals surface area (Å²) in [6.45, 7) is 1.88. The predicted octanol–water partition coefficient (Wildman–Crippen LogP) is 4.39. The van der Waals surface area contributed by atoms with Crippen molar-refractivity contribution in [2.24, 2.45) is 0 Å². The Morgan fingerprint density at radius 1 is 1.03 bits per heavy atom. The summed E-state index contributed by atoms with van der Waals surface area (Å²) in [7, 11) is 0. The molecule has 0 bridgehead atoms. The number of carbonyl (C=O) groups is 1. The van der Waals surface area contributed by atoms with E-state index in [0.29, 0.717) is 22.4 Å². The molecule has 0 fully saturated rings. The minimum absolute atomic E-state index is 0.0359. The van der Waals surface area contributed by atoms with E-state index in [1.165, 1.54) is 17.0 Å². The molecule has 0 saturated carbocycles. The molecule has 0 radical (unpaired) electrons. The smallest absolute Gasteiger partial charge is 0.296 e. The van der Waals surface area contributed by atoms with Gasteiger partial charge in [-0.2, -0.15) is 0 Å². The first kappa shape index (κ1) is 17.3. The maximum absolute atomic E-state index is 14.0. The quantitative estimate of drug-likeness (QED) is 0.513. The number of halogens is 1. The fourth-order valence-corrected chi connectivity index (χ4v) is 3.80. The lowest BCUT2D eigenvalue weighted by molar-refractivity contribution is 0.0970. The van der Waals surface area contributed by atoms with Crippen LogP contribution in [0.3, 0.4) is 0 Å². The van der Waals surface area contributed by atoms with Crippen molar-refractivity contribution >= 4 is 22.7 Å². The van der Waals surface area contributed by atoms with Gasteiger partial charge >= 0.3 is 0 Å². The third-order valence-corrected chi connectivity index (χ3v) is 5.09. The summed E-state index contributed by atoms with van der Waals surface area (Å²) in [4.78, 5) is 32.4. The summed E-state index contributed by atoms with van der Waals surface area (Å²) in [5.41, 5.74) is 1.60. The first-order valence-electron chi connectivity index (χ1n) is 9.12. The lowest BCUT2D eigenvalue weighted by Crippen LogP contribution is -2.30. The molecule has 2 aromatic carbocycles. The Labute approximate surface area is 165 Å². The number of rotatable bonds is 2. The van der Waals surface area contributed by atoms with Crippen LogP contribution in [0.4, 0.5) is 10.2 Å². The molecule has 6 heteroatoms. The number of hydrogen-bond donors (Lipinski definition) is 0. The molecule has 5 rings (SSSR count). The van der Waals surface area contributed by atoms with Gasteiger partial charge in [0.15, 0.2) is 5.43 Å². The van der Waals surface area contributed by atoms with Crippen LogP contribution in [0, 0.1) is 12.7 Å². The zero-order chi connectivity index (χ0) is 20.1. The van der Waals surface area contributed by atoms with Gasteiger partial charge in [0.05, 0.1) is 17.0 Å². The average molecular weight is 386 g/mol. The van der Waals surface area contributed by atoms with Crippen LogP contribution in [0.15, 0.2) is 76.1 Å². The molecule has 29 heavy (non-hydrogen) atoms. The highest BCUT2D eigenvalue weighted by Gasteiger charge is 2.44. The second-order valence-corrected chi connectivity index (χ2v) is 6.99. The molecule has 1 aliphatic rings. The lowest BCUT2D eigenvalue weighted by Gasteiger charge is -2.24. The monoisotopic (exact) mass is 386 g/mol. The molecule has 0 unspecified atom stereocenters. The average Bonchev–Trinajstić information content (AvgIpc) is 3.01. The number of carbonyl (C=O) groups excluding carboxylic acids is 1. The van der Waals surface area contributed by atoms with E-state index in [9.17, 15) is 14.0 Å². The van der Waals surface area contributed by atoms with Crippen molar-refractivity contribution in [3.63, 3.8) is 0 Å². The molecule has 1 atom stereocenters. The zero-order valence-corrected chi connectivity index (χ0v) is 15.4. The van der Waals surface area contributed by atoms with Crippen LogP contribution in [0.5, 0.6) is 0 Å². The third kappa shape index (κ3) is 2.64. The maximum Gasteiger partial charge on any atom is 0.296 e. The van der Waals surface area contributed by atoms with Gasteiger partial charge in [0.2, 0.25) is 5.76 Å². The topological polar surface area (TPSA) is 63.4 Å². The van der Waals surface area contributed by atoms with Gasteiger partial charge in [-0.1, -0.05) is 24.3 Å². The number of aromatic nitrogens is 1. The zero-order valence-electron chi connectivity index (χ0n) is 15.4. The van der Waals surface area contributed by atoms with E-state index in [1.807, 2.05) is 13.0 Å². The van der Waals surface area contributed by atoms with Crippen molar-refractivity contribution in [2.75, 3.05) is 4.90 Å². The summed E-state index contributed by atoms with van der Waals surface area (Å²) in [5, 5.41) is 0.375. The second kappa shape index (κ2) is 6.38. The highest BCUT2D eigenvalue weighted by molar-refractivity contribution is 6.10. The largest absolute Gasteiger partial charge is 0.450 e. The van der Waals surface area contributed by atoms with Gasteiger partial charge < -0.3 is 4.42 Å². The molecule has 5 nitrogen and oxygen atoms in total. The Morgan fingerprint density at radius 2 is 1.86 bits per heavy atom. The lowest BCUT2D eigenvalue weighted by atomic mass is 9.98. The number of benzene rings is 2. The molecule has 3 heterocycles. The number of hydrogen-bond acceptors (Lipinski definition) is 4. The molecule has 0 N–H and O–H groups in total. The Bertz CT molecular complexity index is 1350. The molecule has 0 spiro atoms. The molecular formula is C23H15FN2O3. The molecule has 1 amide bonds. The van der Waals surface area contributed by atoms with E-state index in [4.69, 9.17) is 4.42 Å². The Kier molecular flexibility index (Phi) is 3.81. The fraction of sp³-hybridized carbons (Fsp3) is 0.0870. The summed E-state index contributed by atoms with van der Waals surface area (Å²) in [6, 6.07) is 15.4. The molecule has 142 valence electrons. The first-order chi connectivity index (χ1) is 14.0. The van der Waals surface area contributed by atoms with E-state index in [0.717, 1.165) is 5.56 Å². The van der Waals surface area contributed by atoms with Gasteiger partial charge in [0.25, 0.3) is 5.91 Å². The number of para-hydroxylation sites is 1. The van der Waals surface area contributed by atoms with Crippen molar-refractivity contribution in [2.45, 2.75) is 13.0 Å². The number of amides is 1. The standard InChI is InChI=1S/C23H15FN2O3/c1-13-9-10-25-18(11-13)26-20(14-5-4-6-15(24)12-14)19-21(27)16-7-2-3-8-17(16)29-22(19)23(26)28/h2-12,20H,1H3/t20-/m0/s1. The van der Waals surface area contributed by atoms with Crippen LogP contribution in [0.25, 0.3) is 11.0 Å². The van der Waals surface area contributed by atoms with Crippen LogP contribution in [0.2, 0.25) is 0 Å². The van der Waals surface area contributed by atoms with Crippen LogP contribution in [0.1, 0.15) is 33.3 Å². The van der Waals surface area contributed by atoms with Crippen molar-refractivity contribution in [3.8, 4) is 0 Å². The minimum Gasteiger partial charge on any atom is -0.450 e. The third-order valence-electron chi connectivity index (χ3n) is 5.09. The van der Waals surface area contributed by atoms with Gasteiger partial charge in [0, 0.05) is 6.20 Å². The Hall–Kier alpha value is -3.80.